The van der Waals surface area contributed by atoms with Gasteiger partial charge in [-0.05, 0) is 18.1 Å². The molecular formula is C12H17ClN2O2. The SMILES string of the molecule is CCC(C)CN(C)c1cccc(Cl)c1[N+](=O)[O-]. The van der Waals surface area contributed by atoms with Gasteiger partial charge >= 0.3 is 5.69 Å². The third-order valence-electron chi connectivity index (χ3n) is 2.84. The van der Waals surface area contributed by atoms with Crippen molar-refractivity contribution in [1.29, 1.82) is 0 Å². The first-order chi connectivity index (χ1) is 7.97. The van der Waals surface area contributed by atoms with Crippen molar-refractivity contribution in [1.82, 2.24) is 0 Å². The van der Waals surface area contributed by atoms with Crippen molar-refractivity contribution < 1.29 is 4.92 Å². The van der Waals surface area contributed by atoms with Gasteiger partial charge in [-0.25, -0.2) is 0 Å². The highest BCUT2D eigenvalue weighted by Gasteiger charge is 2.21. The van der Waals surface area contributed by atoms with Crippen molar-refractivity contribution in [3.05, 3.63) is 33.3 Å². The van der Waals surface area contributed by atoms with E-state index in [2.05, 4.69) is 13.8 Å². The monoisotopic (exact) mass is 256 g/mol. The summed E-state index contributed by atoms with van der Waals surface area (Å²) >= 11 is 5.87. The average molecular weight is 257 g/mol. The molecule has 0 aromatic heterocycles. The first-order valence-electron chi connectivity index (χ1n) is 5.61. The van der Waals surface area contributed by atoms with E-state index in [1.165, 1.54) is 0 Å². The summed E-state index contributed by atoms with van der Waals surface area (Å²) < 4.78 is 0. The van der Waals surface area contributed by atoms with Gasteiger partial charge < -0.3 is 4.90 Å². The maximum absolute atomic E-state index is 11.0. The molecule has 1 atom stereocenters. The number of nitrogens with zero attached hydrogens (tertiary/aromatic N) is 2. The van der Waals surface area contributed by atoms with Gasteiger partial charge in [-0.1, -0.05) is 37.9 Å². The van der Waals surface area contributed by atoms with Crippen molar-refractivity contribution in [3.8, 4) is 0 Å². The first kappa shape index (κ1) is 13.8. The second kappa shape index (κ2) is 5.87. The standard InChI is InChI=1S/C12H17ClN2O2/c1-4-9(2)8-14(3)11-7-5-6-10(13)12(11)15(16)17/h5-7,9H,4,8H2,1-3H3. The molecule has 4 nitrogen and oxygen atoms in total. The van der Waals surface area contributed by atoms with Crippen LogP contribution in [0.1, 0.15) is 20.3 Å². The Labute approximate surface area is 106 Å². The fourth-order valence-corrected chi connectivity index (χ4v) is 1.93. The Morgan fingerprint density at radius 1 is 1.53 bits per heavy atom. The lowest BCUT2D eigenvalue weighted by Gasteiger charge is -2.22. The second-order valence-electron chi connectivity index (χ2n) is 4.26. The number of hydrogen-bond acceptors (Lipinski definition) is 3. The number of para-hydroxylation sites is 1. The molecule has 0 aliphatic heterocycles. The fraction of sp³-hybridized carbons (Fsp3) is 0.500. The number of nitro groups is 1. The highest BCUT2D eigenvalue weighted by atomic mass is 35.5. The molecule has 5 heteroatoms. The molecule has 1 rings (SSSR count). The molecule has 17 heavy (non-hydrogen) atoms. The van der Waals surface area contributed by atoms with Crippen LogP contribution in [0.2, 0.25) is 5.02 Å². The number of rotatable bonds is 5. The molecule has 0 N–H and O–H groups in total. The zero-order valence-corrected chi connectivity index (χ0v) is 11.1. The highest BCUT2D eigenvalue weighted by molar-refractivity contribution is 6.33. The lowest BCUT2D eigenvalue weighted by molar-refractivity contribution is -0.384. The van der Waals surface area contributed by atoms with Gasteiger partial charge in [0, 0.05) is 13.6 Å². The van der Waals surface area contributed by atoms with Gasteiger partial charge in [-0.15, -0.1) is 0 Å². The molecule has 94 valence electrons. The average Bonchev–Trinajstić information content (AvgIpc) is 2.27. The smallest absolute Gasteiger partial charge is 0.310 e. The van der Waals surface area contributed by atoms with Crippen LogP contribution in [0.3, 0.4) is 0 Å². The van der Waals surface area contributed by atoms with Crippen LogP contribution in [0.5, 0.6) is 0 Å². The Hall–Kier alpha value is -1.29. The van der Waals surface area contributed by atoms with Gasteiger partial charge in [0.1, 0.15) is 10.7 Å². The van der Waals surface area contributed by atoms with Crippen LogP contribution in [-0.4, -0.2) is 18.5 Å². The minimum atomic E-state index is -0.426. The summed E-state index contributed by atoms with van der Waals surface area (Å²) in [5.74, 6) is 0.485. The molecule has 1 unspecified atom stereocenters. The van der Waals surface area contributed by atoms with Crippen LogP contribution in [0.25, 0.3) is 0 Å². The van der Waals surface area contributed by atoms with E-state index in [-0.39, 0.29) is 10.7 Å². The van der Waals surface area contributed by atoms with Gasteiger partial charge in [0.2, 0.25) is 0 Å². The Bertz CT molecular complexity index is 409. The lowest BCUT2D eigenvalue weighted by Crippen LogP contribution is -2.24. The summed E-state index contributed by atoms with van der Waals surface area (Å²) in [5.41, 5.74) is 0.558. The van der Waals surface area contributed by atoms with E-state index in [9.17, 15) is 10.1 Å². The zero-order valence-electron chi connectivity index (χ0n) is 10.3. The maximum Gasteiger partial charge on any atom is 0.310 e. The summed E-state index contributed by atoms with van der Waals surface area (Å²) in [4.78, 5) is 12.5. The largest absolute Gasteiger partial charge is 0.369 e. The van der Waals surface area contributed by atoms with Crippen molar-refractivity contribution in [2.45, 2.75) is 20.3 Å². The van der Waals surface area contributed by atoms with E-state index in [0.717, 1.165) is 13.0 Å². The Morgan fingerprint density at radius 2 is 2.18 bits per heavy atom. The number of hydrogen-bond donors (Lipinski definition) is 0. The van der Waals surface area contributed by atoms with Gasteiger partial charge in [0.15, 0.2) is 0 Å². The van der Waals surface area contributed by atoms with E-state index < -0.39 is 4.92 Å². The topological polar surface area (TPSA) is 46.4 Å². The van der Waals surface area contributed by atoms with Crippen molar-refractivity contribution >= 4 is 23.0 Å². The molecular weight excluding hydrogens is 240 g/mol. The Balaban J connectivity index is 3.04. The van der Waals surface area contributed by atoms with Gasteiger partial charge in [0.25, 0.3) is 0 Å². The normalized spacial score (nSPS) is 12.2. The van der Waals surface area contributed by atoms with E-state index >= 15 is 0 Å². The third kappa shape index (κ3) is 3.33. The van der Waals surface area contributed by atoms with Crippen molar-refractivity contribution in [2.24, 2.45) is 5.92 Å². The summed E-state index contributed by atoms with van der Waals surface area (Å²) in [6.07, 6.45) is 1.04. The van der Waals surface area contributed by atoms with Crippen LogP contribution >= 0.6 is 11.6 Å². The van der Waals surface area contributed by atoms with Crippen LogP contribution in [0, 0.1) is 16.0 Å². The summed E-state index contributed by atoms with van der Waals surface area (Å²) in [7, 11) is 1.85. The molecule has 0 heterocycles. The molecule has 0 bridgehead atoms. The van der Waals surface area contributed by atoms with Crippen LogP contribution < -0.4 is 4.90 Å². The molecule has 0 aliphatic carbocycles. The van der Waals surface area contributed by atoms with Gasteiger partial charge in [-0.2, -0.15) is 0 Å². The van der Waals surface area contributed by atoms with Crippen LogP contribution in [-0.2, 0) is 0 Å². The number of anilines is 1. The highest BCUT2D eigenvalue weighted by Crippen LogP contribution is 2.34. The number of nitro benzene ring substituents is 1. The summed E-state index contributed by atoms with van der Waals surface area (Å²) in [6, 6.07) is 5.00. The molecule has 0 spiro atoms. The minimum absolute atomic E-state index is 0.0139. The fourth-order valence-electron chi connectivity index (χ4n) is 1.69. The third-order valence-corrected chi connectivity index (χ3v) is 3.15. The number of benzene rings is 1. The second-order valence-corrected chi connectivity index (χ2v) is 4.67. The molecule has 0 amide bonds. The summed E-state index contributed by atoms with van der Waals surface area (Å²) in [6.45, 7) is 5.00. The maximum atomic E-state index is 11.0. The van der Waals surface area contributed by atoms with Gasteiger partial charge in [-0.3, -0.25) is 10.1 Å². The van der Waals surface area contributed by atoms with E-state index in [1.807, 2.05) is 11.9 Å². The molecule has 0 aliphatic rings. The van der Waals surface area contributed by atoms with Crippen molar-refractivity contribution in [3.63, 3.8) is 0 Å². The minimum Gasteiger partial charge on any atom is -0.369 e. The van der Waals surface area contributed by atoms with E-state index in [1.54, 1.807) is 18.2 Å². The molecule has 0 saturated carbocycles. The Kier molecular flexibility index (Phi) is 4.75. The molecule has 0 fully saturated rings. The predicted octanol–water partition coefficient (Wildman–Crippen LogP) is 3.73. The lowest BCUT2D eigenvalue weighted by atomic mass is 10.1. The Morgan fingerprint density at radius 3 is 2.71 bits per heavy atom. The molecule has 1 aromatic rings. The number of halogens is 1. The molecule has 0 radical (unpaired) electrons. The van der Waals surface area contributed by atoms with Crippen LogP contribution in [0.4, 0.5) is 11.4 Å². The molecule has 1 aromatic carbocycles. The first-order valence-corrected chi connectivity index (χ1v) is 5.99. The van der Waals surface area contributed by atoms with Crippen molar-refractivity contribution in [2.75, 3.05) is 18.5 Å². The molecule has 0 saturated heterocycles. The zero-order chi connectivity index (χ0) is 13.0. The van der Waals surface area contributed by atoms with Crippen LogP contribution in [0.15, 0.2) is 18.2 Å². The van der Waals surface area contributed by atoms with E-state index in [0.29, 0.717) is 11.6 Å². The summed E-state index contributed by atoms with van der Waals surface area (Å²) in [5, 5.41) is 11.2. The quantitative estimate of drug-likeness (QED) is 0.596. The van der Waals surface area contributed by atoms with Gasteiger partial charge in [0.05, 0.1) is 4.92 Å². The predicted molar refractivity (Wildman–Crippen MR) is 70.8 cm³/mol. The van der Waals surface area contributed by atoms with E-state index in [4.69, 9.17) is 11.6 Å².